The summed E-state index contributed by atoms with van der Waals surface area (Å²) in [4.78, 5) is 31.5. The fourth-order valence-electron chi connectivity index (χ4n) is 3.88. The Bertz CT molecular complexity index is 850. The smallest absolute Gasteiger partial charge is 0.245 e. The number of para-hydroxylation sites is 2. The first kappa shape index (κ1) is 25.8. The van der Waals surface area contributed by atoms with E-state index in [4.69, 9.17) is 9.72 Å². The minimum atomic E-state index is -0.0832. The molecule has 0 bridgehead atoms. The Morgan fingerprint density at radius 3 is 2.41 bits per heavy atom. The second-order valence-corrected chi connectivity index (χ2v) is 9.28. The van der Waals surface area contributed by atoms with E-state index in [0.717, 1.165) is 55.6 Å². The van der Waals surface area contributed by atoms with Gasteiger partial charge in [-0.25, -0.2) is 4.98 Å². The number of hydrogen-bond acceptors (Lipinski definition) is 4. The SMILES string of the molecule is COCC(=O)NCCCCCc1nc2ccccc2n1CC(=O)N(CC(C)C)CC(C)C. The molecule has 0 fully saturated rings. The number of carbonyl (C=O) groups excluding carboxylic acids is 2. The number of hydrogen-bond donors (Lipinski definition) is 1. The molecule has 0 aliphatic heterocycles. The van der Waals surface area contributed by atoms with Crippen molar-refractivity contribution >= 4 is 22.8 Å². The van der Waals surface area contributed by atoms with Crippen LogP contribution < -0.4 is 5.32 Å². The molecular weight excluding hydrogens is 404 g/mol. The maximum atomic E-state index is 13.2. The molecule has 178 valence electrons. The quantitative estimate of drug-likeness (QED) is 0.451. The van der Waals surface area contributed by atoms with Gasteiger partial charge in [-0.15, -0.1) is 0 Å². The number of ether oxygens (including phenoxy) is 1. The zero-order valence-electron chi connectivity index (χ0n) is 20.4. The number of aryl methyl sites for hydroxylation is 1. The van der Waals surface area contributed by atoms with Gasteiger partial charge < -0.3 is 19.5 Å². The summed E-state index contributed by atoms with van der Waals surface area (Å²) in [6, 6.07) is 8.03. The maximum Gasteiger partial charge on any atom is 0.245 e. The predicted molar refractivity (Wildman–Crippen MR) is 128 cm³/mol. The third-order valence-corrected chi connectivity index (χ3v) is 5.23. The van der Waals surface area contributed by atoms with Crippen molar-refractivity contribution in [3.8, 4) is 0 Å². The van der Waals surface area contributed by atoms with Crippen LogP contribution in [-0.4, -0.2) is 59.6 Å². The van der Waals surface area contributed by atoms with Gasteiger partial charge in [-0.1, -0.05) is 46.2 Å². The van der Waals surface area contributed by atoms with Crippen LogP contribution in [0.25, 0.3) is 11.0 Å². The number of methoxy groups -OCH3 is 1. The van der Waals surface area contributed by atoms with E-state index in [1.165, 1.54) is 7.11 Å². The Hall–Kier alpha value is -2.41. The van der Waals surface area contributed by atoms with Gasteiger partial charge in [-0.3, -0.25) is 9.59 Å². The number of amides is 2. The van der Waals surface area contributed by atoms with E-state index < -0.39 is 0 Å². The minimum absolute atomic E-state index is 0.0832. The van der Waals surface area contributed by atoms with E-state index in [1.807, 2.05) is 29.2 Å². The predicted octanol–water partition coefficient (Wildman–Crippen LogP) is 3.65. The first-order valence-electron chi connectivity index (χ1n) is 11.8. The van der Waals surface area contributed by atoms with Gasteiger partial charge in [0, 0.05) is 33.2 Å². The highest BCUT2D eigenvalue weighted by Gasteiger charge is 2.19. The molecule has 0 spiro atoms. The molecule has 0 aliphatic rings. The summed E-state index contributed by atoms with van der Waals surface area (Å²) >= 11 is 0. The van der Waals surface area contributed by atoms with Crippen LogP contribution in [0.4, 0.5) is 0 Å². The van der Waals surface area contributed by atoms with Crippen molar-refractivity contribution in [2.45, 2.75) is 59.9 Å². The molecule has 0 radical (unpaired) electrons. The largest absolute Gasteiger partial charge is 0.375 e. The molecule has 0 saturated carbocycles. The molecule has 0 unspecified atom stereocenters. The molecule has 0 atom stereocenters. The van der Waals surface area contributed by atoms with Crippen LogP contribution in [0, 0.1) is 11.8 Å². The number of carbonyl (C=O) groups is 2. The number of aromatic nitrogens is 2. The molecule has 1 heterocycles. The summed E-state index contributed by atoms with van der Waals surface area (Å²) in [7, 11) is 1.52. The third-order valence-electron chi connectivity index (χ3n) is 5.23. The molecule has 0 saturated heterocycles. The molecular formula is C25H40N4O3. The average Bonchev–Trinajstić information content (AvgIpc) is 3.07. The molecule has 2 aromatic rings. The number of unbranched alkanes of at least 4 members (excludes halogenated alkanes) is 2. The number of benzene rings is 1. The summed E-state index contributed by atoms with van der Waals surface area (Å²) in [6.07, 6.45) is 3.66. The molecule has 2 rings (SSSR count). The Kier molecular flexibility index (Phi) is 10.7. The summed E-state index contributed by atoms with van der Waals surface area (Å²) in [5.41, 5.74) is 1.94. The second-order valence-electron chi connectivity index (χ2n) is 9.28. The Balaban J connectivity index is 2.03. The first-order chi connectivity index (χ1) is 15.3. The zero-order chi connectivity index (χ0) is 23.5. The standard InChI is InChI=1S/C25H40N4O3/c1-19(2)15-28(16-20(3)4)25(31)17-29-22-12-9-8-11-21(22)27-23(29)13-7-6-10-14-26-24(30)18-32-5/h8-9,11-12,19-20H,6-7,10,13-18H2,1-5H3,(H,26,30). The fourth-order valence-corrected chi connectivity index (χ4v) is 3.88. The molecule has 7 heteroatoms. The molecule has 1 N–H and O–H groups in total. The summed E-state index contributed by atoms with van der Waals surface area (Å²) in [5, 5.41) is 2.85. The van der Waals surface area contributed by atoms with Crippen molar-refractivity contribution in [2.24, 2.45) is 11.8 Å². The van der Waals surface area contributed by atoms with E-state index in [-0.39, 0.29) is 18.4 Å². The summed E-state index contributed by atoms with van der Waals surface area (Å²) in [5.74, 6) is 1.89. The van der Waals surface area contributed by atoms with Crippen molar-refractivity contribution in [3.63, 3.8) is 0 Å². The molecule has 2 amide bonds. The van der Waals surface area contributed by atoms with E-state index in [9.17, 15) is 9.59 Å². The van der Waals surface area contributed by atoms with E-state index in [2.05, 4.69) is 37.6 Å². The molecule has 0 aliphatic carbocycles. The van der Waals surface area contributed by atoms with Crippen molar-refractivity contribution in [3.05, 3.63) is 30.1 Å². The van der Waals surface area contributed by atoms with Gasteiger partial charge in [0.05, 0.1) is 11.0 Å². The highest BCUT2D eigenvalue weighted by Crippen LogP contribution is 2.19. The van der Waals surface area contributed by atoms with Crippen LogP contribution in [0.5, 0.6) is 0 Å². The number of rotatable bonds is 14. The molecule has 1 aromatic carbocycles. The van der Waals surface area contributed by atoms with Crippen LogP contribution in [0.3, 0.4) is 0 Å². The van der Waals surface area contributed by atoms with E-state index >= 15 is 0 Å². The topological polar surface area (TPSA) is 76.5 Å². The van der Waals surface area contributed by atoms with E-state index in [0.29, 0.717) is 24.9 Å². The summed E-state index contributed by atoms with van der Waals surface area (Å²) in [6.45, 7) is 11.2. The highest BCUT2D eigenvalue weighted by atomic mass is 16.5. The lowest BCUT2D eigenvalue weighted by Crippen LogP contribution is -2.39. The van der Waals surface area contributed by atoms with Crippen LogP contribution in [-0.2, 0) is 27.3 Å². The lowest BCUT2D eigenvalue weighted by Gasteiger charge is -2.27. The Labute approximate surface area is 192 Å². The van der Waals surface area contributed by atoms with Crippen molar-refractivity contribution in [1.82, 2.24) is 19.8 Å². The van der Waals surface area contributed by atoms with Gasteiger partial charge in [0.15, 0.2) is 0 Å². The van der Waals surface area contributed by atoms with Gasteiger partial charge in [0.2, 0.25) is 11.8 Å². The minimum Gasteiger partial charge on any atom is -0.375 e. The van der Waals surface area contributed by atoms with Gasteiger partial charge in [-0.05, 0) is 36.8 Å². The lowest BCUT2D eigenvalue weighted by molar-refractivity contribution is -0.133. The molecule has 1 aromatic heterocycles. The second kappa shape index (κ2) is 13.2. The summed E-state index contributed by atoms with van der Waals surface area (Å²) < 4.78 is 6.91. The number of fused-ring (bicyclic) bond motifs is 1. The van der Waals surface area contributed by atoms with Gasteiger partial charge in [0.1, 0.15) is 19.0 Å². The Morgan fingerprint density at radius 1 is 1.06 bits per heavy atom. The third kappa shape index (κ3) is 8.26. The van der Waals surface area contributed by atoms with Crippen LogP contribution in [0.2, 0.25) is 0 Å². The van der Waals surface area contributed by atoms with Gasteiger partial charge in [0.25, 0.3) is 0 Å². The van der Waals surface area contributed by atoms with Crippen LogP contribution in [0.15, 0.2) is 24.3 Å². The first-order valence-corrected chi connectivity index (χ1v) is 11.8. The van der Waals surface area contributed by atoms with Gasteiger partial charge in [-0.2, -0.15) is 0 Å². The average molecular weight is 445 g/mol. The highest BCUT2D eigenvalue weighted by molar-refractivity contribution is 5.81. The van der Waals surface area contributed by atoms with Crippen molar-refractivity contribution < 1.29 is 14.3 Å². The normalized spacial score (nSPS) is 11.5. The number of nitrogens with zero attached hydrogens (tertiary/aromatic N) is 3. The zero-order valence-corrected chi connectivity index (χ0v) is 20.4. The maximum absolute atomic E-state index is 13.2. The Morgan fingerprint density at radius 2 is 1.75 bits per heavy atom. The molecule has 32 heavy (non-hydrogen) atoms. The number of imidazole rings is 1. The molecule has 7 nitrogen and oxygen atoms in total. The monoisotopic (exact) mass is 444 g/mol. The number of nitrogens with one attached hydrogen (secondary N) is 1. The van der Waals surface area contributed by atoms with Crippen molar-refractivity contribution in [2.75, 3.05) is 33.4 Å². The van der Waals surface area contributed by atoms with Crippen LogP contribution >= 0.6 is 0 Å². The van der Waals surface area contributed by atoms with Crippen LogP contribution in [0.1, 0.15) is 52.8 Å². The fraction of sp³-hybridized carbons (Fsp3) is 0.640. The van der Waals surface area contributed by atoms with Crippen molar-refractivity contribution in [1.29, 1.82) is 0 Å². The lowest BCUT2D eigenvalue weighted by atomic mass is 10.1. The van der Waals surface area contributed by atoms with Gasteiger partial charge >= 0.3 is 0 Å². The van der Waals surface area contributed by atoms with E-state index in [1.54, 1.807) is 0 Å².